The molecular formula is C32H36Cl2N2O5. The van der Waals surface area contributed by atoms with E-state index in [0.717, 1.165) is 31.2 Å². The third-order valence-electron chi connectivity index (χ3n) is 7.30. The molecule has 0 aliphatic heterocycles. The van der Waals surface area contributed by atoms with Crippen LogP contribution in [0.2, 0.25) is 10.0 Å². The highest BCUT2D eigenvalue weighted by molar-refractivity contribution is 6.36. The van der Waals surface area contributed by atoms with Gasteiger partial charge in [0.15, 0.2) is 6.61 Å². The summed E-state index contributed by atoms with van der Waals surface area (Å²) in [7, 11) is 3.08. The van der Waals surface area contributed by atoms with Gasteiger partial charge in [0.1, 0.15) is 23.3 Å². The van der Waals surface area contributed by atoms with Gasteiger partial charge in [-0.15, -0.1) is 0 Å². The first kappa shape index (κ1) is 30.5. The van der Waals surface area contributed by atoms with E-state index in [1.54, 1.807) is 36.4 Å². The van der Waals surface area contributed by atoms with Crippen molar-refractivity contribution >= 4 is 35.0 Å². The zero-order valence-corrected chi connectivity index (χ0v) is 24.9. The number of ether oxygens (including phenoxy) is 3. The lowest BCUT2D eigenvalue weighted by atomic mass is 9.94. The van der Waals surface area contributed by atoms with E-state index in [1.165, 1.54) is 25.5 Å². The summed E-state index contributed by atoms with van der Waals surface area (Å²) >= 11 is 13.1. The van der Waals surface area contributed by atoms with E-state index in [2.05, 4.69) is 5.32 Å². The molecule has 1 fully saturated rings. The third kappa shape index (κ3) is 8.54. The van der Waals surface area contributed by atoms with Crippen molar-refractivity contribution in [3.63, 3.8) is 0 Å². The number of halogens is 2. The van der Waals surface area contributed by atoms with Crippen LogP contribution in [0.3, 0.4) is 0 Å². The van der Waals surface area contributed by atoms with Crippen LogP contribution in [0.15, 0.2) is 66.7 Å². The zero-order chi connectivity index (χ0) is 29.2. The molecule has 3 aromatic rings. The molecule has 41 heavy (non-hydrogen) atoms. The number of hydrogen-bond donors (Lipinski definition) is 1. The monoisotopic (exact) mass is 598 g/mol. The smallest absolute Gasteiger partial charge is 0.261 e. The lowest BCUT2D eigenvalue weighted by molar-refractivity contribution is -0.143. The van der Waals surface area contributed by atoms with Gasteiger partial charge in [-0.3, -0.25) is 9.59 Å². The number of carbonyl (C=O) groups excluding carboxylic acids is 2. The molecule has 0 heterocycles. The maximum absolute atomic E-state index is 14.0. The van der Waals surface area contributed by atoms with E-state index in [1.807, 2.05) is 30.3 Å². The molecule has 2 amide bonds. The second-order valence-electron chi connectivity index (χ2n) is 10.1. The zero-order valence-electron chi connectivity index (χ0n) is 23.4. The normalized spacial score (nSPS) is 14.1. The number of methoxy groups -OCH3 is 2. The number of benzene rings is 3. The lowest BCUT2D eigenvalue weighted by Crippen LogP contribution is -2.53. The van der Waals surface area contributed by atoms with E-state index >= 15 is 0 Å². The summed E-state index contributed by atoms with van der Waals surface area (Å²) in [6.07, 6.45) is 5.49. The predicted molar refractivity (Wildman–Crippen MR) is 161 cm³/mol. The Bertz CT molecular complexity index is 1270. The van der Waals surface area contributed by atoms with Crippen LogP contribution in [0.4, 0.5) is 0 Å². The molecule has 7 nitrogen and oxygen atoms in total. The molecule has 1 N–H and O–H groups in total. The molecule has 0 unspecified atom stereocenters. The van der Waals surface area contributed by atoms with E-state index < -0.39 is 6.04 Å². The van der Waals surface area contributed by atoms with Crippen molar-refractivity contribution in [3.05, 3.63) is 87.9 Å². The van der Waals surface area contributed by atoms with Crippen molar-refractivity contribution in [1.82, 2.24) is 10.2 Å². The average Bonchev–Trinajstić information content (AvgIpc) is 2.99. The van der Waals surface area contributed by atoms with Gasteiger partial charge < -0.3 is 24.4 Å². The molecule has 1 aliphatic carbocycles. The second kappa shape index (κ2) is 15.0. The fraction of sp³-hybridized carbons (Fsp3) is 0.375. The maximum atomic E-state index is 14.0. The highest BCUT2D eigenvalue weighted by Gasteiger charge is 2.33. The molecule has 0 radical (unpaired) electrons. The Morgan fingerprint density at radius 3 is 2.10 bits per heavy atom. The quantitative estimate of drug-likeness (QED) is 0.258. The number of hydrogen-bond acceptors (Lipinski definition) is 5. The number of nitrogens with zero attached hydrogens (tertiary/aromatic N) is 1. The molecule has 4 rings (SSSR count). The molecular weight excluding hydrogens is 563 g/mol. The second-order valence-corrected chi connectivity index (χ2v) is 10.9. The molecule has 0 saturated heterocycles. The molecule has 0 spiro atoms. The van der Waals surface area contributed by atoms with E-state index in [0.29, 0.717) is 39.3 Å². The Labute approximate surface area is 251 Å². The lowest BCUT2D eigenvalue weighted by Gasteiger charge is -2.33. The molecule has 0 aromatic heterocycles. The Balaban J connectivity index is 1.66. The summed E-state index contributed by atoms with van der Waals surface area (Å²) < 4.78 is 16.6. The maximum Gasteiger partial charge on any atom is 0.261 e. The van der Waals surface area contributed by atoms with Gasteiger partial charge in [-0.1, -0.05) is 78.9 Å². The van der Waals surface area contributed by atoms with Gasteiger partial charge in [0.25, 0.3) is 5.91 Å². The number of amides is 2. The number of nitrogens with one attached hydrogen (secondary N) is 1. The molecule has 1 saturated carbocycles. The van der Waals surface area contributed by atoms with Crippen molar-refractivity contribution in [2.75, 3.05) is 20.8 Å². The SMILES string of the molecule is COc1cc(OC)cc(OCC(=O)N(Cc2c(Cl)cccc2Cl)[C@@H](Cc2ccccc2)C(=O)NC2CCCCC2)c1. The summed E-state index contributed by atoms with van der Waals surface area (Å²) in [5, 5.41) is 4.05. The van der Waals surface area contributed by atoms with Crippen molar-refractivity contribution < 1.29 is 23.8 Å². The van der Waals surface area contributed by atoms with Crippen molar-refractivity contribution in [2.24, 2.45) is 0 Å². The van der Waals surface area contributed by atoms with Gasteiger partial charge in [0.2, 0.25) is 5.91 Å². The molecule has 1 atom stereocenters. The number of carbonyl (C=O) groups is 2. The Hall–Kier alpha value is -3.42. The first-order valence-corrected chi connectivity index (χ1v) is 14.6. The van der Waals surface area contributed by atoms with Crippen molar-refractivity contribution in [1.29, 1.82) is 0 Å². The van der Waals surface area contributed by atoms with Crippen molar-refractivity contribution in [2.45, 2.75) is 57.2 Å². The summed E-state index contributed by atoms with van der Waals surface area (Å²) in [6, 6.07) is 19.2. The Morgan fingerprint density at radius 1 is 0.878 bits per heavy atom. The van der Waals surface area contributed by atoms with Gasteiger partial charge >= 0.3 is 0 Å². The first-order chi connectivity index (χ1) is 19.9. The fourth-order valence-electron chi connectivity index (χ4n) is 5.04. The van der Waals surface area contributed by atoms with Crippen LogP contribution in [0.25, 0.3) is 0 Å². The third-order valence-corrected chi connectivity index (χ3v) is 8.01. The highest BCUT2D eigenvalue weighted by Crippen LogP contribution is 2.29. The predicted octanol–water partition coefficient (Wildman–Crippen LogP) is 6.48. The molecule has 0 bridgehead atoms. The standard InChI is InChI=1S/C32H36Cl2N2O5/c1-39-24-17-25(40-2)19-26(18-24)41-21-31(37)36(20-27-28(33)14-9-15-29(27)34)30(16-22-10-5-3-6-11-22)32(38)35-23-12-7-4-8-13-23/h3,5-6,9-11,14-15,17-19,23,30H,4,7-8,12-13,16,20-21H2,1-2H3,(H,35,38)/t30-/m0/s1. The molecule has 218 valence electrons. The van der Waals surface area contributed by atoms with Gasteiger partial charge in [0.05, 0.1) is 14.2 Å². The number of rotatable bonds is 12. The van der Waals surface area contributed by atoms with Gasteiger partial charge in [-0.25, -0.2) is 0 Å². The largest absolute Gasteiger partial charge is 0.496 e. The molecule has 3 aromatic carbocycles. The molecule has 9 heteroatoms. The minimum Gasteiger partial charge on any atom is -0.496 e. The van der Waals surface area contributed by atoms with Crippen LogP contribution in [-0.4, -0.2) is 49.6 Å². The minimum absolute atomic E-state index is 0.0394. The van der Waals surface area contributed by atoms with Crippen LogP contribution in [0.5, 0.6) is 17.2 Å². The van der Waals surface area contributed by atoms with Crippen molar-refractivity contribution in [3.8, 4) is 17.2 Å². The van der Waals surface area contributed by atoms with Crippen LogP contribution >= 0.6 is 23.2 Å². The summed E-state index contributed by atoms with van der Waals surface area (Å²) in [5.41, 5.74) is 1.49. The van der Waals surface area contributed by atoms with E-state index in [-0.39, 0.29) is 31.0 Å². The topological polar surface area (TPSA) is 77.1 Å². The van der Waals surface area contributed by atoms with Crippen LogP contribution < -0.4 is 19.5 Å². The first-order valence-electron chi connectivity index (χ1n) is 13.8. The summed E-state index contributed by atoms with van der Waals surface area (Å²) in [5.74, 6) is 0.861. The van der Waals surface area contributed by atoms with Crippen LogP contribution in [0, 0.1) is 0 Å². The molecule has 1 aliphatic rings. The van der Waals surface area contributed by atoms with Crippen LogP contribution in [0.1, 0.15) is 43.2 Å². The Kier molecular flexibility index (Phi) is 11.2. The highest BCUT2D eigenvalue weighted by atomic mass is 35.5. The Morgan fingerprint density at radius 2 is 1.49 bits per heavy atom. The van der Waals surface area contributed by atoms with Crippen LogP contribution in [-0.2, 0) is 22.6 Å². The van der Waals surface area contributed by atoms with E-state index in [9.17, 15) is 9.59 Å². The minimum atomic E-state index is -0.817. The van der Waals surface area contributed by atoms with Gasteiger partial charge in [0, 0.05) is 52.8 Å². The van der Waals surface area contributed by atoms with E-state index in [4.69, 9.17) is 37.4 Å². The average molecular weight is 600 g/mol. The summed E-state index contributed by atoms with van der Waals surface area (Å²) in [6.45, 7) is -0.280. The summed E-state index contributed by atoms with van der Waals surface area (Å²) in [4.78, 5) is 29.4. The van der Waals surface area contributed by atoms with Gasteiger partial charge in [-0.2, -0.15) is 0 Å². The fourth-order valence-corrected chi connectivity index (χ4v) is 5.56. The van der Waals surface area contributed by atoms with Gasteiger partial charge in [-0.05, 0) is 30.5 Å².